The minimum absolute atomic E-state index is 0.0589. The molecule has 3 aromatic rings. The fraction of sp³-hybridized carbons (Fsp3) is 0.167. The summed E-state index contributed by atoms with van der Waals surface area (Å²) in [5, 5.41) is 10.9. The summed E-state index contributed by atoms with van der Waals surface area (Å²) in [6.45, 7) is 2.14. The number of Topliss-reactive ketones (excluding diaryl/α,β-unsaturated/α-hetero) is 1. The van der Waals surface area contributed by atoms with Gasteiger partial charge in [-0.3, -0.25) is 9.59 Å². The molecule has 0 bridgehead atoms. The Balaban J connectivity index is 1.76. The first-order valence-corrected chi connectivity index (χ1v) is 9.50. The molecule has 0 spiro atoms. The second kappa shape index (κ2) is 7.80. The lowest BCUT2D eigenvalue weighted by Crippen LogP contribution is -2.31. The van der Waals surface area contributed by atoms with Gasteiger partial charge in [0.25, 0.3) is 11.7 Å². The number of rotatable bonds is 5. The predicted octanol–water partition coefficient (Wildman–Crippen LogP) is 4.25. The van der Waals surface area contributed by atoms with Gasteiger partial charge in [0, 0.05) is 12.1 Å². The highest BCUT2D eigenvalue weighted by Gasteiger charge is 2.47. The number of carbonyl (C=O) groups is 2. The largest absolute Gasteiger partial charge is 0.507 e. The van der Waals surface area contributed by atoms with E-state index in [4.69, 9.17) is 4.42 Å². The molecule has 29 heavy (non-hydrogen) atoms. The van der Waals surface area contributed by atoms with Crippen LogP contribution < -0.4 is 0 Å². The lowest BCUT2D eigenvalue weighted by molar-refractivity contribution is -0.140. The highest BCUT2D eigenvalue weighted by molar-refractivity contribution is 6.46. The molecule has 1 atom stereocenters. The molecular weight excluding hydrogens is 366 g/mol. The maximum absolute atomic E-state index is 12.9. The van der Waals surface area contributed by atoms with Crippen LogP contribution in [-0.4, -0.2) is 28.2 Å². The van der Waals surface area contributed by atoms with Crippen LogP contribution in [0, 0.1) is 6.92 Å². The van der Waals surface area contributed by atoms with Crippen molar-refractivity contribution in [2.24, 2.45) is 0 Å². The van der Waals surface area contributed by atoms with E-state index in [2.05, 4.69) is 0 Å². The quantitative estimate of drug-likeness (QED) is 0.404. The summed E-state index contributed by atoms with van der Waals surface area (Å²) < 4.78 is 5.77. The molecule has 1 aromatic heterocycles. The van der Waals surface area contributed by atoms with Crippen LogP contribution in [0.4, 0.5) is 0 Å². The van der Waals surface area contributed by atoms with Crippen LogP contribution in [-0.2, 0) is 16.0 Å². The number of aryl methyl sites for hydroxylation is 1. The Morgan fingerprint density at radius 2 is 1.62 bits per heavy atom. The fourth-order valence-corrected chi connectivity index (χ4v) is 3.65. The molecule has 1 aliphatic rings. The van der Waals surface area contributed by atoms with Gasteiger partial charge in [-0.05, 0) is 31.0 Å². The zero-order chi connectivity index (χ0) is 20.4. The first-order valence-electron chi connectivity index (χ1n) is 9.50. The zero-order valence-corrected chi connectivity index (χ0v) is 16.0. The Hall–Kier alpha value is -3.60. The molecule has 1 unspecified atom stereocenters. The van der Waals surface area contributed by atoms with Crippen molar-refractivity contribution < 1.29 is 19.1 Å². The molecular formula is C24H21NO4. The molecule has 2 heterocycles. The minimum atomic E-state index is -0.757. The summed E-state index contributed by atoms with van der Waals surface area (Å²) in [5.41, 5.74) is 1.61. The number of hydrogen-bond acceptors (Lipinski definition) is 4. The van der Waals surface area contributed by atoms with Gasteiger partial charge in [-0.2, -0.15) is 0 Å². The topological polar surface area (TPSA) is 70.8 Å². The molecule has 1 N–H and O–H groups in total. The summed E-state index contributed by atoms with van der Waals surface area (Å²) in [7, 11) is 0. The Morgan fingerprint density at radius 3 is 2.24 bits per heavy atom. The summed E-state index contributed by atoms with van der Waals surface area (Å²) in [6, 6.07) is 21.3. The fourth-order valence-electron chi connectivity index (χ4n) is 3.65. The van der Waals surface area contributed by atoms with E-state index < -0.39 is 17.7 Å². The summed E-state index contributed by atoms with van der Waals surface area (Å²) >= 11 is 0. The lowest BCUT2D eigenvalue weighted by atomic mass is 9.99. The molecule has 1 saturated heterocycles. The number of carbonyl (C=O) groups excluding carboxylic acids is 2. The number of ketones is 1. The molecule has 0 aliphatic carbocycles. The number of benzene rings is 2. The van der Waals surface area contributed by atoms with Crippen LogP contribution in [0.25, 0.3) is 5.76 Å². The Morgan fingerprint density at radius 1 is 0.966 bits per heavy atom. The highest BCUT2D eigenvalue weighted by atomic mass is 16.3. The van der Waals surface area contributed by atoms with Crippen LogP contribution in [0.15, 0.2) is 82.8 Å². The van der Waals surface area contributed by atoms with Crippen molar-refractivity contribution in [3.63, 3.8) is 0 Å². The van der Waals surface area contributed by atoms with Gasteiger partial charge < -0.3 is 14.4 Å². The number of furan rings is 1. The maximum atomic E-state index is 12.9. The van der Waals surface area contributed by atoms with Crippen molar-refractivity contribution in [1.82, 2.24) is 4.90 Å². The third kappa shape index (κ3) is 3.59. The second-order valence-electron chi connectivity index (χ2n) is 7.04. The van der Waals surface area contributed by atoms with Gasteiger partial charge in [0.2, 0.25) is 0 Å². The van der Waals surface area contributed by atoms with E-state index >= 15 is 0 Å². The lowest BCUT2D eigenvalue weighted by Gasteiger charge is -2.23. The molecule has 1 aliphatic heterocycles. The molecule has 4 rings (SSSR count). The van der Waals surface area contributed by atoms with Crippen LogP contribution >= 0.6 is 0 Å². The predicted molar refractivity (Wildman–Crippen MR) is 109 cm³/mol. The Labute approximate surface area is 168 Å². The number of likely N-dealkylation sites (tertiary alicyclic amines) is 1. The molecule has 146 valence electrons. The van der Waals surface area contributed by atoms with Crippen LogP contribution in [0.3, 0.4) is 0 Å². The Bertz CT molecular complexity index is 1070. The first-order chi connectivity index (χ1) is 14.1. The van der Waals surface area contributed by atoms with Gasteiger partial charge in [-0.25, -0.2) is 0 Å². The van der Waals surface area contributed by atoms with E-state index in [0.717, 1.165) is 5.56 Å². The second-order valence-corrected chi connectivity index (χ2v) is 7.04. The average molecular weight is 387 g/mol. The minimum Gasteiger partial charge on any atom is -0.507 e. The number of aliphatic hydroxyl groups is 1. The Kier molecular flexibility index (Phi) is 5.04. The van der Waals surface area contributed by atoms with Gasteiger partial charge in [-0.1, -0.05) is 60.7 Å². The van der Waals surface area contributed by atoms with E-state index in [9.17, 15) is 14.7 Å². The van der Waals surface area contributed by atoms with E-state index in [1.54, 1.807) is 43.3 Å². The maximum Gasteiger partial charge on any atom is 0.295 e. The molecule has 2 aromatic carbocycles. The van der Waals surface area contributed by atoms with Gasteiger partial charge >= 0.3 is 0 Å². The molecule has 1 fully saturated rings. The average Bonchev–Trinajstić information content (AvgIpc) is 3.28. The van der Waals surface area contributed by atoms with Crippen molar-refractivity contribution >= 4 is 17.4 Å². The van der Waals surface area contributed by atoms with Crippen molar-refractivity contribution in [2.75, 3.05) is 6.54 Å². The molecule has 0 radical (unpaired) electrons. The van der Waals surface area contributed by atoms with Crippen molar-refractivity contribution in [1.29, 1.82) is 0 Å². The third-order valence-electron chi connectivity index (χ3n) is 5.10. The molecule has 1 amide bonds. The van der Waals surface area contributed by atoms with E-state index in [1.165, 1.54) is 4.90 Å². The number of aliphatic hydroxyl groups excluding tert-OH is 1. The third-order valence-corrected chi connectivity index (χ3v) is 5.10. The van der Waals surface area contributed by atoms with Crippen molar-refractivity contribution in [2.45, 2.75) is 19.4 Å². The smallest absolute Gasteiger partial charge is 0.295 e. The van der Waals surface area contributed by atoms with Gasteiger partial charge in [0.05, 0.1) is 5.57 Å². The zero-order valence-electron chi connectivity index (χ0n) is 16.0. The first kappa shape index (κ1) is 18.7. The summed E-state index contributed by atoms with van der Waals surface area (Å²) in [6.07, 6.45) is 0.593. The normalized spacial score (nSPS) is 18.4. The van der Waals surface area contributed by atoms with Crippen LogP contribution in [0.2, 0.25) is 0 Å². The highest BCUT2D eigenvalue weighted by Crippen LogP contribution is 2.40. The van der Waals surface area contributed by atoms with Gasteiger partial charge in [-0.15, -0.1) is 0 Å². The van der Waals surface area contributed by atoms with E-state index in [-0.39, 0.29) is 11.3 Å². The molecule has 0 saturated carbocycles. The number of amides is 1. The van der Waals surface area contributed by atoms with Crippen molar-refractivity contribution in [3.8, 4) is 0 Å². The standard InChI is InChI=1S/C24H21NO4/c1-16-12-13-19(29-16)21-20(22(26)18-10-6-3-7-11-18)23(27)24(28)25(21)15-14-17-8-4-2-5-9-17/h2-13,21,26H,14-15H2,1H3/b22-20+. The molecule has 5 heteroatoms. The molecule has 5 nitrogen and oxygen atoms in total. The van der Waals surface area contributed by atoms with Crippen LogP contribution in [0.1, 0.15) is 28.7 Å². The number of nitrogens with zero attached hydrogens (tertiary/aromatic N) is 1. The summed E-state index contributed by atoms with van der Waals surface area (Å²) in [5.74, 6) is -0.373. The van der Waals surface area contributed by atoms with Gasteiger partial charge in [0.15, 0.2) is 0 Å². The number of hydrogen-bond donors (Lipinski definition) is 1. The van der Waals surface area contributed by atoms with Gasteiger partial charge in [0.1, 0.15) is 23.3 Å². The van der Waals surface area contributed by atoms with E-state index in [0.29, 0.717) is 30.0 Å². The SMILES string of the molecule is Cc1ccc(C2/C(=C(\O)c3ccccc3)C(=O)C(=O)N2CCc2ccccc2)o1. The summed E-state index contributed by atoms with van der Waals surface area (Å²) in [4.78, 5) is 27.2. The van der Waals surface area contributed by atoms with Crippen LogP contribution in [0.5, 0.6) is 0 Å². The van der Waals surface area contributed by atoms with E-state index in [1.807, 2.05) is 36.4 Å². The van der Waals surface area contributed by atoms with Crippen molar-refractivity contribution in [3.05, 3.63) is 101 Å². The monoisotopic (exact) mass is 387 g/mol.